The van der Waals surface area contributed by atoms with Crippen molar-refractivity contribution >= 4 is 11.3 Å². The van der Waals surface area contributed by atoms with Crippen molar-refractivity contribution < 1.29 is 8.78 Å². The maximum atomic E-state index is 13.0. The first-order valence-corrected chi connectivity index (χ1v) is 6.77. The molecular formula is C14H15F2NS. The van der Waals surface area contributed by atoms with Crippen LogP contribution in [0.1, 0.15) is 18.1 Å². The predicted octanol–water partition coefficient (Wildman–Crippen LogP) is 3.75. The fourth-order valence-electron chi connectivity index (χ4n) is 1.84. The van der Waals surface area contributed by atoms with E-state index in [9.17, 15) is 8.78 Å². The lowest BCUT2D eigenvalue weighted by Crippen LogP contribution is -2.27. The summed E-state index contributed by atoms with van der Waals surface area (Å²) in [4.78, 5) is 0. The van der Waals surface area contributed by atoms with Crippen molar-refractivity contribution in [2.45, 2.75) is 25.9 Å². The molecule has 1 aromatic heterocycles. The quantitative estimate of drug-likeness (QED) is 0.870. The molecule has 0 saturated heterocycles. The molecule has 0 amide bonds. The topological polar surface area (TPSA) is 12.0 Å². The second-order valence-corrected chi connectivity index (χ2v) is 5.18. The number of halogens is 2. The molecule has 0 saturated carbocycles. The van der Waals surface area contributed by atoms with Crippen LogP contribution in [0.3, 0.4) is 0 Å². The standard InChI is InChI=1S/C14H15F2NS/c1-10(4-11-2-3-18-9-11)17-8-12-5-13(15)7-14(16)6-12/h2-3,5-7,9-10,17H,4,8H2,1H3. The molecule has 0 radical (unpaired) electrons. The zero-order chi connectivity index (χ0) is 13.0. The molecule has 1 unspecified atom stereocenters. The lowest BCUT2D eigenvalue weighted by atomic mass is 10.1. The summed E-state index contributed by atoms with van der Waals surface area (Å²) in [6, 6.07) is 5.95. The van der Waals surface area contributed by atoms with Crippen molar-refractivity contribution in [1.29, 1.82) is 0 Å². The first-order valence-electron chi connectivity index (χ1n) is 5.83. The van der Waals surface area contributed by atoms with E-state index >= 15 is 0 Å². The van der Waals surface area contributed by atoms with Crippen LogP contribution in [-0.4, -0.2) is 6.04 Å². The summed E-state index contributed by atoms with van der Waals surface area (Å²) in [6.07, 6.45) is 0.918. The van der Waals surface area contributed by atoms with Crippen LogP contribution < -0.4 is 5.32 Å². The van der Waals surface area contributed by atoms with Gasteiger partial charge in [-0.05, 0) is 53.4 Å². The molecule has 1 atom stereocenters. The van der Waals surface area contributed by atoms with Gasteiger partial charge in [0.15, 0.2) is 0 Å². The van der Waals surface area contributed by atoms with Gasteiger partial charge in [0, 0.05) is 18.7 Å². The van der Waals surface area contributed by atoms with Gasteiger partial charge in [0.1, 0.15) is 11.6 Å². The van der Waals surface area contributed by atoms with E-state index in [-0.39, 0.29) is 6.04 Å². The predicted molar refractivity (Wildman–Crippen MR) is 70.7 cm³/mol. The van der Waals surface area contributed by atoms with Crippen molar-refractivity contribution in [3.05, 3.63) is 57.8 Å². The summed E-state index contributed by atoms with van der Waals surface area (Å²) < 4.78 is 26.0. The van der Waals surface area contributed by atoms with E-state index in [1.54, 1.807) is 11.3 Å². The van der Waals surface area contributed by atoms with Crippen LogP contribution in [0.4, 0.5) is 8.78 Å². The Morgan fingerprint density at radius 1 is 1.17 bits per heavy atom. The largest absolute Gasteiger partial charge is 0.310 e. The molecule has 1 heterocycles. The van der Waals surface area contributed by atoms with Gasteiger partial charge < -0.3 is 5.32 Å². The zero-order valence-electron chi connectivity index (χ0n) is 10.1. The van der Waals surface area contributed by atoms with Crippen LogP contribution in [0.5, 0.6) is 0 Å². The molecular weight excluding hydrogens is 252 g/mol. The zero-order valence-corrected chi connectivity index (χ0v) is 10.9. The monoisotopic (exact) mass is 267 g/mol. The van der Waals surface area contributed by atoms with Crippen LogP contribution in [0.15, 0.2) is 35.0 Å². The number of nitrogens with one attached hydrogen (secondary N) is 1. The number of hydrogen-bond donors (Lipinski definition) is 1. The van der Waals surface area contributed by atoms with Crippen molar-refractivity contribution in [3.63, 3.8) is 0 Å². The molecule has 1 N–H and O–H groups in total. The fourth-order valence-corrected chi connectivity index (χ4v) is 2.52. The molecule has 0 spiro atoms. The summed E-state index contributed by atoms with van der Waals surface area (Å²) in [6.45, 7) is 2.54. The van der Waals surface area contributed by atoms with Crippen molar-refractivity contribution in [1.82, 2.24) is 5.32 Å². The van der Waals surface area contributed by atoms with Crippen LogP contribution in [0.2, 0.25) is 0 Å². The third-order valence-electron chi connectivity index (χ3n) is 2.70. The lowest BCUT2D eigenvalue weighted by Gasteiger charge is -2.13. The third kappa shape index (κ3) is 3.89. The molecule has 0 bridgehead atoms. The molecule has 1 aromatic carbocycles. The third-order valence-corrected chi connectivity index (χ3v) is 3.43. The van der Waals surface area contributed by atoms with Crippen LogP contribution in [-0.2, 0) is 13.0 Å². The smallest absolute Gasteiger partial charge is 0.126 e. The van der Waals surface area contributed by atoms with Gasteiger partial charge in [-0.2, -0.15) is 11.3 Å². The Morgan fingerprint density at radius 3 is 2.50 bits per heavy atom. The fraction of sp³-hybridized carbons (Fsp3) is 0.286. The van der Waals surface area contributed by atoms with Gasteiger partial charge in [-0.25, -0.2) is 8.78 Å². The number of hydrogen-bond acceptors (Lipinski definition) is 2. The maximum Gasteiger partial charge on any atom is 0.126 e. The first kappa shape index (κ1) is 13.2. The van der Waals surface area contributed by atoms with Gasteiger partial charge in [0.25, 0.3) is 0 Å². The highest BCUT2D eigenvalue weighted by Gasteiger charge is 2.05. The number of benzene rings is 1. The molecule has 0 aliphatic heterocycles. The van der Waals surface area contributed by atoms with Gasteiger partial charge in [-0.3, -0.25) is 0 Å². The highest BCUT2D eigenvalue weighted by atomic mass is 32.1. The molecule has 0 aliphatic rings. The van der Waals surface area contributed by atoms with Gasteiger partial charge in [0.05, 0.1) is 0 Å². The minimum atomic E-state index is -0.530. The van der Waals surface area contributed by atoms with Gasteiger partial charge in [0.2, 0.25) is 0 Å². The molecule has 1 nitrogen and oxygen atoms in total. The summed E-state index contributed by atoms with van der Waals surface area (Å²) in [5, 5.41) is 7.42. The number of thiophene rings is 1. The summed E-state index contributed by atoms with van der Waals surface area (Å²) in [7, 11) is 0. The normalized spacial score (nSPS) is 12.6. The van der Waals surface area contributed by atoms with Crippen LogP contribution in [0, 0.1) is 11.6 Å². The lowest BCUT2D eigenvalue weighted by molar-refractivity contribution is 0.536. The van der Waals surface area contributed by atoms with E-state index in [1.807, 2.05) is 5.38 Å². The van der Waals surface area contributed by atoms with Crippen molar-refractivity contribution in [2.24, 2.45) is 0 Å². The Labute approximate surface area is 109 Å². The Balaban J connectivity index is 1.87. The van der Waals surface area contributed by atoms with E-state index in [2.05, 4.69) is 23.7 Å². The minimum Gasteiger partial charge on any atom is -0.310 e. The average Bonchev–Trinajstić information content (AvgIpc) is 2.78. The highest BCUT2D eigenvalue weighted by molar-refractivity contribution is 7.07. The molecule has 96 valence electrons. The second-order valence-electron chi connectivity index (χ2n) is 4.40. The average molecular weight is 267 g/mol. The van der Waals surface area contributed by atoms with Gasteiger partial charge in [-0.15, -0.1) is 0 Å². The van der Waals surface area contributed by atoms with E-state index in [0.29, 0.717) is 12.1 Å². The molecule has 4 heteroatoms. The van der Waals surface area contributed by atoms with E-state index in [1.165, 1.54) is 17.7 Å². The SMILES string of the molecule is CC(Cc1ccsc1)NCc1cc(F)cc(F)c1. The maximum absolute atomic E-state index is 13.0. The van der Waals surface area contributed by atoms with Crippen LogP contribution >= 0.6 is 11.3 Å². The van der Waals surface area contributed by atoms with Gasteiger partial charge >= 0.3 is 0 Å². The Bertz CT molecular complexity index is 476. The van der Waals surface area contributed by atoms with Crippen molar-refractivity contribution in [3.8, 4) is 0 Å². The number of rotatable bonds is 5. The summed E-state index contributed by atoms with van der Waals surface area (Å²) in [5.41, 5.74) is 1.91. The summed E-state index contributed by atoms with van der Waals surface area (Å²) in [5.74, 6) is -1.06. The molecule has 0 fully saturated rings. The summed E-state index contributed by atoms with van der Waals surface area (Å²) >= 11 is 1.67. The Hall–Kier alpha value is -1.26. The van der Waals surface area contributed by atoms with Crippen molar-refractivity contribution in [2.75, 3.05) is 0 Å². The second kappa shape index (κ2) is 6.07. The molecule has 18 heavy (non-hydrogen) atoms. The van der Waals surface area contributed by atoms with Crippen LogP contribution in [0.25, 0.3) is 0 Å². The highest BCUT2D eigenvalue weighted by Crippen LogP contribution is 2.10. The van der Waals surface area contributed by atoms with Gasteiger partial charge in [-0.1, -0.05) is 0 Å². The van der Waals surface area contributed by atoms with E-state index in [0.717, 1.165) is 12.5 Å². The minimum absolute atomic E-state index is 0.269. The van der Waals surface area contributed by atoms with E-state index in [4.69, 9.17) is 0 Å². The molecule has 2 aromatic rings. The first-order chi connectivity index (χ1) is 8.63. The molecule has 2 rings (SSSR count). The Morgan fingerprint density at radius 2 is 1.89 bits per heavy atom. The Kier molecular flexibility index (Phi) is 4.44. The molecule has 0 aliphatic carbocycles. The van der Waals surface area contributed by atoms with E-state index < -0.39 is 11.6 Å².